The van der Waals surface area contributed by atoms with Gasteiger partial charge in [0.25, 0.3) is 0 Å². The molecule has 1 aliphatic heterocycles. The molecule has 1 amide bonds. The maximum Gasteiger partial charge on any atom is 0.248 e. The Labute approximate surface area is 185 Å². The molecule has 0 N–H and O–H groups in total. The fraction of sp³-hybridized carbons (Fsp3) is 0.476. The van der Waals surface area contributed by atoms with Crippen molar-refractivity contribution in [1.82, 2.24) is 19.3 Å². The molecule has 1 atom stereocenters. The normalized spacial score (nSPS) is 17.2. The molecule has 31 heavy (non-hydrogen) atoms. The first kappa shape index (κ1) is 21.9. The van der Waals surface area contributed by atoms with Crippen LogP contribution in [0.15, 0.2) is 33.7 Å². The van der Waals surface area contributed by atoms with Gasteiger partial charge in [0, 0.05) is 26.1 Å². The van der Waals surface area contributed by atoms with Crippen LogP contribution in [0.25, 0.3) is 10.2 Å². The smallest absolute Gasteiger partial charge is 0.248 e. The number of rotatable bonds is 5. The number of amides is 1. The molecule has 0 unspecified atom stereocenters. The lowest BCUT2D eigenvalue weighted by Crippen LogP contribution is -2.44. The quantitative estimate of drug-likeness (QED) is 0.576. The maximum atomic E-state index is 13.1. The van der Waals surface area contributed by atoms with Crippen LogP contribution < -0.4 is 0 Å². The van der Waals surface area contributed by atoms with E-state index in [9.17, 15) is 13.2 Å². The predicted octanol–water partition coefficient (Wildman–Crippen LogP) is 3.52. The Hall–Kier alpha value is -2.30. The summed E-state index contributed by atoms with van der Waals surface area (Å²) in [5, 5.41) is 4.66. The number of benzene rings is 1. The largest absolute Gasteiger partial charge is 0.360 e. The number of aromatic nitrogens is 2. The van der Waals surface area contributed by atoms with Crippen LogP contribution in [0.3, 0.4) is 0 Å². The third kappa shape index (κ3) is 3.99. The van der Waals surface area contributed by atoms with Crippen molar-refractivity contribution in [2.45, 2.75) is 44.6 Å². The molecular weight excluding hydrogens is 436 g/mol. The van der Waals surface area contributed by atoms with Crippen LogP contribution in [-0.2, 0) is 14.8 Å². The molecule has 10 heteroatoms. The number of sulfonamides is 1. The minimum Gasteiger partial charge on any atom is -0.360 e. The number of carbonyl (C=O) groups excluding carboxylic acids is 1. The summed E-state index contributed by atoms with van der Waals surface area (Å²) < 4.78 is 33.6. The zero-order chi connectivity index (χ0) is 22.3. The Morgan fingerprint density at radius 2 is 1.94 bits per heavy atom. The molecule has 3 aromatic rings. The second kappa shape index (κ2) is 8.33. The lowest BCUT2D eigenvalue weighted by molar-refractivity contribution is -0.137. The van der Waals surface area contributed by atoms with E-state index in [4.69, 9.17) is 4.52 Å². The Kier molecular flexibility index (Phi) is 5.89. The van der Waals surface area contributed by atoms with Crippen LogP contribution in [0.2, 0.25) is 0 Å². The standard InChI is InChI=1S/C21H26N4O4S2/c1-13-19(15(3)29-23-13)31(27,28)25-11-9-16(10-12-25)21(26)24(4)14(2)20-22-17-7-5-6-8-18(17)30-20/h5-8,14,16H,9-12H2,1-4H3/t14-/m0/s1. The molecule has 1 aromatic carbocycles. The molecule has 0 spiro atoms. The van der Waals surface area contributed by atoms with E-state index in [0.717, 1.165) is 15.2 Å². The average molecular weight is 463 g/mol. The molecule has 0 saturated carbocycles. The van der Waals surface area contributed by atoms with Crippen molar-refractivity contribution in [3.63, 3.8) is 0 Å². The summed E-state index contributed by atoms with van der Waals surface area (Å²) in [5.74, 6) is 0.110. The highest BCUT2D eigenvalue weighted by Gasteiger charge is 2.37. The van der Waals surface area contributed by atoms with Crippen LogP contribution in [0.1, 0.15) is 42.3 Å². The van der Waals surface area contributed by atoms with E-state index in [1.807, 2.05) is 31.2 Å². The molecule has 3 heterocycles. The van der Waals surface area contributed by atoms with Gasteiger partial charge in [0.1, 0.15) is 15.6 Å². The number of aryl methyl sites for hydroxylation is 2. The monoisotopic (exact) mass is 462 g/mol. The van der Waals surface area contributed by atoms with E-state index in [1.54, 1.807) is 37.1 Å². The molecule has 1 saturated heterocycles. The second-order valence-electron chi connectivity index (χ2n) is 7.98. The molecule has 8 nitrogen and oxygen atoms in total. The minimum atomic E-state index is -3.68. The molecule has 2 aromatic heterocycles. The van der Waals surface area contributed by atoms with Crippen LogP contribution in [0.4, 0.5) is 0 Å². The van der Waals surface area contributed by atoms with Crippen molar-refractivity contribution >= 4 is 37.5 Å². The van der Waals surface area contributed by atoms with Crippen LogP contribution >= 0.6 is 11.3 Å². The van der Waals surface area contributed by atoms with Gasteiger partial charge in [-0.2, -0.15) is 4.31 Å². The molecule has 4 rings (SSSR count). The Morgan fingerprint density at radius 1 is 1.26 bits per heavy atom. The van der Waals surface area contributed by atoms with Crippen molar-refractivity contribution in [2.24, 2.45) is 5.92 Å². The molecule has 166 valence electrons. The van der Waals surface area contributed by atoms with Crippen molar-refractivity contribution in [3.05, 3.63) is 40.7 Å². The number of para-hydroxylation sites is 1. The van der Waals surface area contributed by atoms with Gasteiger partial charge in [-0.1, -0.05) is 17.3 Å². The Balaban J connectivity index is 1.43. The van der Waals surface area contributed by atoms with Gasteiger partial charge in [-0.25, -0.2) is 13.4 Å². The highest BCUT2D eigenvalue weighted by atomic mass is 32.2. The van der Waals surface area contributed by atoms with Gasteiger partial charge in [-0.05, 0) is 45.7 Å². The molecular formula is C21H26N4O4S2. The maximum absolute atomic E-state index is 13.1. The highest BCUT2D eigenvalue weighted by molar-refractivity contribution is 7.89. The summed E-state index contributed by atoms with van der Waals surface area (Å²) >= 11 is 1.60. The Morgan fingerprint density at radius 3 is 2.55 bits per heavy atom. The van der Waals surface area contributed by atoms with Gasteiger partial charge in [0.15, 0.2) is 5.76 Å². The third-order valence-corrected chi connectivity index (χ3v) is 9.32. The SMILES string of the molecule is Cc1noc(C)c1S(=O)(=O)N1CCC(C(=O)N(C)[C@@H](C)c2nc3ccccc3s2)CC1. The van der Waals surface area contributed by atoms with Gasteiger partial charge < -0.3 is 9.42 Å². The first-order valence-corrected chi connectivity index (χ1v) is 12.5. The van der Waals surface area contributed by atoms with E-state index in [-0.39, 0.29) is 22.8 Å². The number of hydrogen-bond acceptors (Lipinski definition) is 7. The van der Waals surface area contributed by atoms with Crippen molar-refractivity contribution < 1.29 is 17.7 Å². The Bertz CT molecular complexity index is 1160. The zero-order valence-electron chi connectivity index (χ0n) is 18.0. The van der Waals surface area contributed by atoms with Crippen molar-refractivity contribution in [3.8, 4) is 0 Å². The lowest BCUT2D eigenvalue weighted by Gasteiger charge is -2.33. The fourth-order valence-electron chi connectivity index (χ4n) is 4.03. The first-order chi connectivity index (χ1) is 14.7. The summed E-state index contributed by atoms with van der Waals surface area (Å²) in [6.07, 6.45) is 0.969. The van der Waals surface area contributed by atoms with Gasteiger partial charge in [-0.3, -0.25) is 4.79 Å². The molecule has 0 bridgehead atoms. The van der Waals surface area contributed by atoms with E-state index in [0.29, 0.717) is 37.4 Å². The average Bonchev–Trinajstić information content (AvgIpc) is 3.35. The topological polar surface area (TPSA) is 96.6 Å². The molecule has 1 fully saturated rings. The summed E-state index contributed by atoms with van der Waals surface area (Å²) in [6.45, 7) is 5.80. The summed E-state index contributed by atoms with van der Waals surface area (Å²) in [4.78, 5) is 19.7. The van der Waals surface area contributed by atoms with Gasteiger partial charge in [0.2, 0.25) is 15.9 Å². The lowest BCUT2D eigenvalue weighted by atomic mass is 9.96. The number of hydrogen-bond donors (Lipinski definition) is 0. The summed E-state index contributed by atoms with van der Waals surface area (Å²) in [6, 6.07) is 7.79. The first-order valence-electron chi connectivity index (χ1n) is 10.2. The number of carbonyl (C=O) groups is 1. The molecule has 0 radical (unpaired) electrons. The summed E-state index contributed by atoms with van der Waals surface area (Å²) in [7, 11) is -1.88. The van der Waals surface area contributed by atoms with E-state index < -0.39 is 10.0 Å². The molecule has 0 aliphatic carbocycles. The van der Waals surface area contributed by atoms with Crippen LogP contribution in [-0.4, -0.2) is 53.8 Å². The van der Waals surface area contributed by atoms with Crippen molar-refractivity contribution in [1.29, 1.82) is 0 Å². The minimum absolute atomic E-state index is 0.0288. The number of nitrogens with zero attached hydrogens (tertiary/aromatic N) is 4. The predicted molar refractivity (Wildman–Crippen MR) is 118 cm³/mol. The van der Waals surface area contributed by atoms with E-state index >= 15 is 0 Å². The second-order valence-corrected chi connectivity index (χ2v) is 10.9. The summed E-state index contributed by atoms with van der Waals surface area (Å²) in [5.41, 5.74) is 1.30. The highest BCUT2D eigenvalue weighted by Crippen LogP contribution is 2.32. The fourth-order valence-corrected chi connectivity index (χ4v) is 6.85. The van der Waals surface area contributed by atoms with Gasteiger partial charge in [0.05, 0.1) is 16.3 Å². The number of fused-ring (bicyclic) bond motifs is 1. The van der Waals surface area contributed by atoms with Gasteiger partial charge >= 0.3 is 0 Å². The van der Waals surface area contributed by atoms with Crippen LogP contribution in [0.5, 0.6) is 0 Å². The zero-order valence-corrected chi connectivity index (χ0v) is 19.7. The number of thiazole rings is 1. The van der Waals surface area contributed by atoms with E-state index in [1.165, 1.54) is 4.31 Å². The molecule has 1 aliphatic rings. The van der Waals surface area contributed by atoms with E-state index in [2.05, 4.69) is 10.1 Å². The number of piperidine rings is 1. The van der Waals surface area contributed by atoms with Crippen molar-refractivity contribution in [2.75, 3.05) is 20.1 Å². The third-order valence-electron chi connectivity index (χ3n) is 5.97. The van der Waals surface area contributed by atoms with Gasteiger partial charge in [-0.15, -0.1) is 11.3 Å². The van der Waals surface area contributed by atoms with Crippen LogP contribution in [0, 0.1) is 19.8 Å².